The van der Waals surface area contributed by atoms with Crippen molar-refractivity contribution in [3.63, 3.8) is 0 Å². The predicted octanol–water partition coefficient (Wildman–Crippen LogP) is 3.37. The molecule has 1 N–H and O–H groups in total. The number of carbonyl (C=O) groups excluding carboxylic acids is 1. The highest BCUT2D eigenvalue weighted by atomic mass is 19.4. The molecule has 0 bridgehead atoms. The van der Waals surface area contributed by atoms with Crippen LogP contribution in [0.3, 0.4) is 0 Å². The highest BCUT2D eigenvalue weighted by Crippen LogP contribution is 2.41. The van der Waals surface area contributed by atoms with Crippen molar-refractivity contribution in [1.82, 2.24) is 5.01 Å². The predicted molar refractivity (Wildman–Crippen MR) is 101 cm³/mol. The largest absolute Gasteiger partial charge is 0.573 e. The maximum atomic E-state index is 13.5. The van der Waals surface area contributed by atoms with E-state index in [-0.39, 0.29) is 29.2 Å². The van der Waals surface area contributed by atoms with E-state index in [4.69, 9.17) is 4.74 Å². The Bertz CT molecular complexity index is 1010. The van der Waals surface area contributed by atoms with Crippen LogP contribution in [0.4, 0.5) is 26.3 Å². The topological polar surface area (TPSA) is 116 Å². The Hall–Kier alpha value is -3.43. The van der Waals surface area contributed by atoms with Crippen LogP contribution >= 0.6 is 0 Å². The number of halogens is 6. The van der Waals surface area contributed by atoms with Gasteiger partial charge in [0.25, 0.3) is 6.79 Å². The number of benzene rings is 1. The molecule has 194 valence electrons. The van der Waals surface area contributed by atoms with Crippen LogP contribution in [0.1, 0.15) is 24.0 Å². The van der Waals surface area contributed by atoms with Gasteiger partial charge in [-0.15, -0.1) is 18.2 Å². The van der Waals surface area contributed by atoms with Crippen LogP contribution < -0.4 is 9.47 Å². The summed E-state index contributed by atoms with van der Waals surface area (Å²) in [5.41, 5.74) is -1.45. The van der Waals surface area contributed by atoms with Crippen molar-refractivity contribution in [2.24, 2.45) is 5.28 Å². The van der Waals surface area contributed by atoms with E-state index in [1.54, 1.807) is 0 Å². The fourth-order valence-corrected chi connectivity index (χ4v) is 3.58. The Morgan fingerprint density at radius 1 is 1.31 bits per heavy atom. The Morgan fingerprint density at radius 3 is 2.66 bits per heavy atom. The first-order valence-electron chi connectivity index (χ1n) is 10.00. The molecule has 10 nitrogen and oxygen atoms in total. The summed E-state index contributed by atoms with van der Waals surface area (Å²) in [5.74, 6) is -2.69. The third-order valence-electron chi connectivity index (χ3n) is 5.02. The lowest BCUT2D eigenvalue weighted by atomic mass is 9.99. The van der Waals surface area contributed by atoms with Crippen LogP contribution in [0.2, 0.25) is 0 Å². The lowest BCUT2D eigenvalue weighted by Gasteiger charge is -2.29. The lowest BCUT2D eigenvalue weighted by molar-refractivity contribution is -0.715. The van der Waals surface area contributed by atoms with E-state index in [9.17, 15) is 41.5 Å². The first-order valence-corrected chi connectivity index (χ1v) is 10.00. The number of aliphatic hydroxyl groups is 1. The monoisotopic (exact) mass is 515 g/mol. The summed E-state index contributed by atoms with van der Waals surface area (Å²) in [7, 11) is 0. The maximum Gasteiger partial charge on any atom is 0.573 e. The summed E-state index contributed by atoms with van der Waals surface area (Å²) in [5, 5.41) is 25.3. The van der Waals surface area contributed by atoms with Gasteiger partial charge in [0.2, 0.25) is 11.4 Å². The SMILES string of the molecule is Cc1cc(OC(F)(F)F)cc2c1O[C@H](C(F)(F)F)C(C(=O)OCO/N=[N+](\[O-])N1CCC[C@H]1CO)=C2. The Morgan fingerprint density at radius 2 is 2.03 bits per heavy atom. The molecule has 2 heterocycles. The van der Waals surface area contributed by atoms with Crippen LogP contribution in [0.5, 0.6) is 11.5 Å². The van der Waals surface area contributed by atoms with Crippen LogP contribution in [-0.4, -0.2) is 65.7 Å². The van der Waals surface area contributed by atoms with Gasteiger partial charge in [-0.1, -0.05) is 0 Å². The number of carbonyl (C=O) groups is 1. The molecule has 0 unspecified atom stereocenters. The molecule has 1 saturated heterocycles. The summed E-state index contributed by atoms with van der Waals surface area (Å²) < 4.78 is 91.5. The van der Waals surface area contributed by atoms with Crippen LogP contribution in [0.15, 0.2) is 23.0 Å². The molecule has 16 heteroatoms. The van der Waals surface area contributed by atoms with E-state index in [0.717, 1.165) is 17.1 Å². The van der Waals surface area contributed by atoms with E-state index in [2.05, 4.69) is 19.6 Å². The second-order valence-electron chi connectivity index (χ2n) is 7.50. The third kappa shape index (κ3) is 6.37. The van der Waals surface area contributed by atoms with Gasteiger partial charge in [0.15, 0.2) is 0 Å². The molecule has 1 fully saturated rings. The molecule has 35 heavy (non-hydrogen) atoms. The molecule has 2 atom stereocenters. The van der Waals surface area contributed by atoms with Crippen molar-refractivity contribution in [1.29, 1.82) is 0 Å². The number of hydrogen-bond donors (Lipinski definition) is 1. The van der Waals surface area contributed by atoms with Crippen LogP contribution in [0.25, 0.3) is 6.08 Å². The minimum Gasteiger partial charge on any atom is -0.569 e. The van der Waals surface area contributed by atoms with E-state index in [1.807, 2.05) is 0 Å². The van der Waals surface area contributed by atoms with E-state index >= 15 is 0 Å². The Labute approximate surface area is 193 Å². The van der Waals surface area contributed by atoms with Gasteiger partial charge < -0.3 is 29.4 Å². The van der Waals surface area contributed by atoms with E-state index in [0.29, 0.717) is 18.9 Å². The second kappa shape index (κ2) is 10.1. The zero-order chi connectivity index (χ0) is 26.0. The molecule has 1 aromatic rings. The second-order valence-corrected chi connectivity index (χ2v) is 7.50. The standard InChI is InChI=1S/C19H19F6N3O7/c1-10-5-13(35-19(23,24)25)6-11-7-14(16(18(20,21)22)34-15(10)11)17(30)32-9-33-26-28(31)27-4-2-3-12(27)8-29/h5-7,12,16,29H,2-4,8-9H2,1H3/b28-26-/t12-,16-/m0/s1. The molecule has 0 radical (unpaired) electrons. The fourth-order valence-electron chi connectivity index (χ4n) is 3.58. The maximum absolute atomic E-state index is 13.5. The number of hydrogen-bond acceptors (Lipinski definition) is 8. The number of aryl methyl sites for hydroxylation is 1. The molecular weight excluding hydrogens is 496 g/mol. The number of ether oxygens (including phenoxy) is 3. The molecule has 0 saturated carbocycles. The molecule has 0 spiro atoms. The van der Waals surface area contributed by atoms with Gasteiger partial charge in [0, 0.05) is 5.56 Å². The van der Waals surface area contributed by atoms with Crippen molar-refractivity contribution in [2.75, 3.05) is 19.9 Å². The lowest BCUT2D eigenvalue weighted by Crippen LogP contribution is -2.41. The number of aliphatic hydroxyl groups excluding tert-OH is 1. The average molecular weight is 515 g/mol. The van der Waals surface area contributed by atoms with E-state index < -0.39 is 54.5 Å². The molecule has 0 aliphatic carbocycles. The van der Waals surface area contributed by atoms with Gasteiger partial charge in [0.1, 0.15) is 17.5 Å². The minimum atomic E-state index is -5.08. The smallest absolute Gasteiger partial charge is 0.569 e. The molecular formula is C19H19F6N3O7. The van der Waals surface area contributed by atoms with Gasteiger partial charge in [-0.3, -0.25) is 0 Å². The molecule has 0 amide bonds. The summed E-state index contributed by atoms with van der Waals surface area (Å²) in [6, 6.07) is 1.10. The van der Waals surface area contributed by atoms with Crippen molar-refractivity contribution in [3.05, 3.63) is 34.0 Å². The molecule has 2 aliphatic heterocycles. The van der Waals surface area contributed by atoms with Crippen molar-refractivity contribution >= 4 is 12.0 Å². The molecule has 1 aromatic carbocycles. The highest BCUT2D eigenvalue weighted by Gasteiger charge is 2.49. The van der Waals surface area contributed by atoms with Crippen molar-refractivity contribution in [3.8, 4) is 11.5 Å². The fraction of sp³-hybridized carbons (Fsp3) is 0.526. The van der Waals surface area contributed by atoms with Gasteiger partial charge in [-0.25, -0.2) is 4.79 Å². The molecule has 2 aliphatic rings. The number of fused-ring (bicyclic) bond motifs is 1. The average Bonchev–Trinajstić information content (AvgIpc) is 3.22. The quantitative estimate of drug-likeness (QED) is 0.112. The zero-order valence-corrected chi connectivity index (χ0v) is 17.9. The molecule has 0 aromatic heterocycles. The molecule has 3 rings (SSSR count). The zero-order valence-electron chi connectivity index (χ0n) is 17.9. The minimum absolute atomic E-state index is 0.0183. The van der Waals surface area contributed by atoms with Crippen LogP contribution in [-0.2, 0) is 14.4 Å². The third-order valence-corrected chi connectivity index (χ3v) is 5.02. The summed E-state index contributed by atoms with van der Waals surface area (Å²) in [6.45, 7) is 0.114. The normalized spacial score (nSPS) is 20.6. The van der Waals surface area contributed by atoms with Crippen LogP contribution in [0, 0.1) is 12.1 Å². The number of esters is 1. The van der Waals surface area contributed by atoms with Gasteiger partial charge in [-0.2, -0.15) is 13.2 Å². The van der Waals surface area contributed by atoms with Gasteiger partial charge >= 0.3 is 18.5 Å². The number of rotatable bonds is 7. The van der Waals surface area contributed by atoms with Gasteiger partial charge in [0.05, 0.1) is 23.7 Å². The highest BCUT2D eigenvalue weighted by molar-refractivity contribution is 5.96. The Kier molecular flexibility index (Phi) is 7.52. The first-order chi connectivity index (χ1) is 16.3. The summed E-state index contributed by atoms with van der Waals surface area (Å²) in [4.78, 5) is 16.9. The number of hydrazine groups is 1. The summed E-state index contributed by atoms with van der Waals surface area (Å²) in [6.07, 6.45) is -11.1. The number of nitrogens with zero attached hydrogens (tertiary/aromatic N) is 3. The van der Waals surface area contributed by atoms with Crippen molar-refractivity contribution < 1.29 is 60.3 Å². The van der Waals surface area contributed by atoms with Crippen molar-refractivity contribution in [2.45, 2.75) is 44.4 Å². The first kappa shape index (κ1) is 26.2. The van der Waals surface area contributed by atoms with E-state index in [1.165, 1.54) is 6.92 Å². The Balaban J connectivity index is 1.76. The summed E-state index contributed by atoms with van der Waals surface area (Å²) >= 11 is 0. The number of alkyl halides is 6. The van der Waals surface area contributed by atoms with Gasteiger partial charge in [-0.05, 0) is 43.5 Å².